The van der Waals surface area contributed by atoms with Gasteiger partial charge in [0.25, 0.3) is 0 Å². The fourth-order valence-corrected chi connectivity index (χ4v) is 4.10. The number of carbonyl (C=O) groups excluding carboxylic acids is 1. The average Bonchev–Trinajstić information content (AvgIpc) is 3.29. The Morgan fingerprint density at radius 2 is 1.88 bits per heavy atom. The maximum atomic E-state index is 13.2. The predicted octanol–water partition coefficient (Wildman–Crippen LogP) is 6.01. The Morgan fingerprint density at radius 1 is 1.09 bits per heavy atom. The van der Waals surface area contributed by atoms with Gasteiger partial charge >= 0.3 is 0 Å². The van der Waals surface area contributed by atoms with Crippen LogP contribution in [0.4, 0.5) is 5.69 Å². The highest BCUT2D eigenvalue weighted by Gasteiger charge is 2.37. The first-order valence-electron chi connectivity index (χ1n) is 10.3. The van der Waals surface area contributed by atoms with Gasteiger partial charge in [0.05, 0.1) is 5.69 Å². The van der Waals surface area contributed by atoms with Gasteiger partial charge in [-0.3, -0.25) is 9.69 Å². The van der Waals surface area contributed by atoms with Gasteiger partial charge in [-0.25, -0.2) is 0 Å². The monoisotopic (exact) mass is 478 g/mol. The Labute approximate surface area is 199 Å². The lowest BCUT2D eigenvalue weighted by Crippen LogP contribution is -2.37. The molecule has 7 nitrogen and oxygen atoms in total. The van der Waals surface area contributed by atoms with Gasteiger partial charge < -0.3 is 9.15 Å². The first-order chi connectivity index (χ1) is 16.1. The molecule has 2 aromatic heterocycles. The summed E-state index contributed by atoms with van der Waals surface area (Å²) in [6.45, 7) is 1.81. The number of benzene rings is 2. The van der Waals surface area contributed by atoms with Crippen molar-refractivity contribution in [3.8, 4) is 28.5 Å². The molecule has 0 aliphatic carbocycles. The number of amides is 1. The number of hydrogen-bond acceptors (Lipinski definition) is 7. The topological polar surface area (TPSA) is 81.4 Å². The minimum atomic E-state index is -0.868. The van der Waals surface area contributed by atoms with Crippen LogP contribution in [-0.4, -0.2) is 27.3 Å². The van der Waals surface area contributed by atoms with Crippen molar-refractivity contribution in [1.29, 1.82) is 0 Å². The first-order valence-corrected chi connectivity index (χ1v) is 11.9. The molecule has 33 heavy (non-hydrogen) atoms. The molecule has 1 atom stereocenters. The lowest BCUT2D eigenvalue weighted by Gasteiger charge is -2.29. The molecule has 0 spiro atoms. The largest absolute Gasteiger partial charge is 0.455 e. The summed E-state index contributed by atoms with van der Waals surface area (Å²) in [5.74, 6) is 1.27. The second-order valence-electron chi connectivity index (χ2n) is 7.27. The van der Waals surface area contributed by atoms with Crippen LogP contribution >= 0.6 is 23.4 Å². The Bertz CT molecular complexity index is 1330. The normalized spacial score (nSPS) is 14.8. The number of carbonyl (C=O) groups is 1. The van der Waals surface area contributed by atoms with Crippen LogP contribution in [0.1, 0.15) is 25.3 Å². The minimum absolute atomic E-state index is 0.122. The predicted molar refractivity (Wildman–Crippen MR) is 127 cm³/mol. The maximum Gasteiger partial charge on any atom is 0.247 e. The zero-order valence-corrected chi connectivity index (χ0v) is 19.4. The number of aromatic nitrogens is 3. The van der Waals surface area contributed by atoms with Gasteiger partial charge in [-0.05, 0) is 48.7 Å². The lowest BCUT2D eigenvalue weighted by molar-refractivity contribution is -0.120. The van der Waals surface area contributed by atoms with E-state index < -0.39 is 6.23 Å². The molecule has 3 heterocycles. The van der Waals surface area contributed by atoms with Crippen molar-refractivity contribution in [3.05, 3.63) is 71.4 Å². The highest BCUT2D eigenvalue weighted by molar-refractivity contribution is 7.98. The number of ether oxygens (including phenoxy) is 1. The number of thioether (sulfide) groups is 1. The number of anilines is 1. The van der Waals surface area contributed by atoms with Crippen LogP contribution in [0.3, 0.4) is 0 Å². The van der Waals surface area contributed by atoms with Crippen LogP contribution in [0.5, 0.6) is 5.88 Å². The van der Waals surface area contributed by atoms with Gasteiger partial charge in [-0.1, -0.05) is 48.5 Å². The molecule has 166 valence electrons. The molecule has 5 rings (SSSR count). The van der Waals surface area contributed by atoms with Gasteiger partial charge in [0.15, 0.2) is 11.5 Å². The Morgan fingerprint density at radius 3 is 2.64 bits per heavy atom. The van der Waals surface area contributed by atoms with Gasteiger partial charge in [0.1, 0.15) is 5.76 Å². The van der Waals surface area contributed by atoms with Crippen LogP contribution < -0.4 is 9.64 Å². The summed E-state index contributed by atoms with van der Waals surface area (Å²) in [6.07, 6.45) is 1.28. The lowest BCUT2D eigenvalue weighted by atomic mass is 10.1. The van der Waals surface area contributed by atoms with Crippen LogP contribution in [0, 0.1) is 0 Å². The number of halogens is 1. The Balaban J connectivity index is 1.67. The molecule has 1 aliphatic heterocycles. The average molecular weight is 479 g/mol. The molecule has 0 fully saturated rings. The Kier molecular flexibility index (Phi) is 5.78. The minimum Gasteiger partial charge on any atom is -0.455 e. The summed E-state index contributed by atoms with van der Waals surface area (Å²) in [7, 11) is 0. The molecular formula is C24H19ClN4O3S. The molecule has 1 aliphatic rings. The summed E-state index contributed by atoms with van der Waals surface area (Å²) in [6, 6.07) is 18.5. The number of fused-ring (bicyclic) bond motifs is 3. The number of para-hydroxylation sites is 1. The summed E-state index contributed by atoms with van der Waals surface area (Å²) in [4.78, 5) is 19.3. The summed E-state index contributed by atoms with van der Waals surface area (Å²) in [5, 5.41) is 9.65. The van der Waals surface area contributed by atoms with Crippen molar-refractivity contribution in [2.75, 3.05) is 11.2 Å². The van der Waals surface area contributed by atoms with Crippen molar-refractivity contribution in [2.45, 2.75) is 24.7 Å². The van der Waals surface area contributed by atoms with E-state index in [4.69, 9.17) is 20.8 Å². The number of rotatable bonds is 4. The van der Waals surface area contributed by atoms with Crippen molar-refractivity contribution < 1.29 is 13.9 Å². The molecule has 0 saturated carbocycles. The van der Waals surface area contributed by atoms with Gasteiger partial charge in [0.2, 0.25) is 23.2 Å². The van der Waals surface area contributed by atoms with Crippen LogP contribution in [-0.2, 0) is 4.79 Å². The van der Waals surface area contributed by atoms with Crippen molar-refractivity contribution >= 4 is 35.0 Å². The second-order valence-corrected chi connectivity index (χ2v) is 8.48. The van der Waals surface area contributed by atoms with E-state index in [2.05, 4.69) is 15.2 Å². The highest BCUT2D eigenvalue weighted by atomic mass is 35.5. The number of nitrogens with zero attached hydrogens (tertiary/aromatic N) is 4. The second kappa shape index (κ2) is 8.88. The fraction of sp³-hybridized carbons (Fsp3) is 0.167. The highest BCUT2D eigenvalue weighted by Crippen LogP contribution is 2.44. The van der Waals surface area contributed by atoms with Gasteiger partial charge in [-0.2, -0.15) is 4.98 Å². The van der Waals surface area contributed by atoms with Crippen molar-refractivity contribution in [3.63, 3.8) is 0 Å². The molecular weight excluding hydrogens is 460 g/mol. The molecule has 0 radical (unpaired) electrons. The molecule has 1 amide bonds. The van der Waals surface area contributed by atoms with E-state index >= 15 is 0 Å². The third-order valence-corrected chi connectivity index (χ3v) is 6.05. The zero-order chi connectivity index (χ0) is 22.9. The van der Waals surface area contributed by atoms with Gasteiger partial charge in [-0.15, -0.1) is 10.2 Å². The van der Waals surface area contributed by atoms with Crippen molar-refractivity contribution in [2.24, 2.45) is 0 Å². The number of furan rings is 1. The molecule has 9 heteroatoms. The smallest absolute Gasteiger partial charge is 0.247 e. The quantitative estimate of drug-likeness (QED) is 0.332. The van der Waals surface area contributed by atoms with Crippen molar-refractivity contribution in [1.82, 2.24) is 15.2 Å². The molecule has 2 aromatic carbocycles. The van der Waals surface area contributed by atoms with E-state index in [1.807, 2.05) is 61.7 Å². The third kappa shape index (κ3) is 3.96. The molecule has 0 unspecified atom stereocenters. The fourth-order valence-electron chi connectivity index (χ4n) is 3.68. The number of hydrogen-bond donors (Lipinski definition) is 0. The van der Waals surface area contributed by atoms with E-state index in [1.165, 1.54) is 11.8 Å². The molecule has 0 bridgehead atoms. The van der Waals surface area contributed by atoms with E-state index in [0.717, 1.165) is 5.56 Å². The van der Waals surface area contributed by atoms with Crippen LogP contribution in [0.25, 0.3) is 22.6 Å². The third-order valence-electron chi connectivity index (χ3n) is 5.26. The van der Waals surface area contributed by atoms with E-state index in [1.54, 1.807) is 17.0 Å². The summed E-state index contributed by atoms with van der Waals surface area (Å²) < 4.78 is 12.5. The standard InChI is InChI=1S/C24H19ClN4O3S/c1-3-20(30)29-17-7-5-4-6-16(17)21-22(26-24(33-2)28-27-21)32-23(29)19-13-12-18(31-19)14-8-10-15(25)11-9-14/h4-13,23H,3H2,1-2H3/t23-/m1/s1. The van der Waals surface area contributed by atoms with Gasteiger partial charge in [0, 0.05) is 22.6 Å². The zero-order valence-electron chi connectivity index (χ0n) is 17.9. The summed E-state index contributed by atoms with van der Waals surface area (Å²) in [5.41, 5.74) is 2.71. The van der Waals surface area contributed by atoms with E-state index in [9.17, 15) is 4.79 Å². The first kappa shape index (κ1) is 21.5. The maximum absolute atomic E-state index is 13.2. The van der Waals surface area contributed by atoms with E-state index in [-0.39, 0.29) is 12.3 Å². The molecule has 4 aromatic rings. The molecule has 0 saturated heterocycles. The van der Waals surface area contributed by atoms with Crippen LogP contribution in [0.15, 0.2) is 70.2 Å². The summed E-state index contributed by atoms with van der Waals surface area (Å²) >= 11 is 7.38. The Hall–Kier alpha value is -3.36. The van der Waals surface area contributed by atoms with E-state index in [0.29, 0.717) is 44.5 Å². The molecule has 0 N–H and O–H groups in total. The van der Waals surface area contributed by atoms with Crippen LogP contribution in [0.2, 0.25) is 5.02 Å². The SMILES string of the molecule is CCC(=O)N1c2ccccc2-c2nnc(SC)nc2O[C@@H]1c1ccc(-c2ccc(Cl)cc2)o1.